The number of imidazole rings is 1. The molecule has 0 aliphatic rings. The monoisotopic (exact) mass is 413 g/mol. The van der Waals surface area contributed by atoms with E-state index >= 15 is 0 Å². The third-order valence-corrected chi connectivity index (χ3v) is 4.66. The third-order valence-electron chi connectivity index (χ3n) is 4.19. The molecule has 0 spiro atoms. The Morgan fingerprint density at radius 3 is 2.54 bits per heavy atom. The van der Waals surface area contributed by atoms with Gasteiger partial charge in [-0.15, -0.1) is 0 Å². The SMILES string of the molecule is O=C(Cc1cccc(Cl)c1)Nc1nc2ccc(F)cn2c1-c1cccc(Cl)c1. The zero-order valence-corrected chi connectivity index (χ0v) is 16.0. The lowest BCUT2D eigenvalue weighted by Crippen LogP contribution is -2.15. The second-order valence-electron chi connectivity index (χ2n) is 6.25. The number of fused-ring (bicyclic) bond motifs is 1. The Morgan fingerprint density at radius 2 is 1.79 bits per heavy atom. The maximum atomic E-state index is 13.8. The van der Waals surface area contributed by atoms with Gasteiger partial charge in [0.15, 0.2) is 5.82 Å². The summed E-state index contributed by atoms with van der Waals surface area (Å²) in [4.78, 5) is 17.0. The van der Waals surface area contributed by atoms with Crippen LogP contribution in [0.3, 0.4) is 0 Å². The molecule has 0 aliphatic heterocycles. The molecular weight excluding hydrogens is 400 g/mol. The summed E-state index contributed by atoms with van der Waals surface area (Å²) in [7, 11) is 0. The van der Waals surface area contributed by atoms with Gasteiger partial charge in [-0.2, -0.15) is 0 Å². The van der Waals surface area contributed by atoms with Crippen LogP contribution in [0.25, 0.3) is 16.9 Å². The average molecular weight is 414 g/mol. The number of carbonyl (C=O) groups excluding carboxylic acids is 1. The van der Waals surface area contributed by atoms with Gasteiger partial charge in [0.25, 0.3) is 0 Å². The molecule has 0 bridgehead atoms. The van der Waals surface area contributed by atoms with E-state index in [0.717, 1.165) is 5.56 Å². The quantitative estimate of drug-likeness (QED) is 0.471. The maximum absolute atomic E-state index is 13.8. The van der Waals surface area contributed by atoms with E-state index in [1.54, 1.807) is 46.9 Å². The Hall–Kier alpha value is -2.89. The van der Waals surface area contributed by atoms with Crippen LogP contribution in [0, 0.1) is 5.82 Å². The summed E-state index contributed by atoms with van der Waals surface area (Å²) in [5.41, 5.74) is 2.55. The highest BCUT2D eigenvalue weighted by Crippen LogP contribution is 2.31. The first-order chi connectivity index (χ1) is 13.5. The summed E-state index contributed by atoms with van der Waals surface area (Å²) in [5, 5.41) is 3.92. The lowest BCUT2D eigenvalue weighted by atomic mass is 10.1. The highest BCUT2D eigenvalue weighted by molar-refractivity contribution is 6.31. The minimum atomic E-state index is -0.412. The van der Waals surface area contributed by atoms with Crippen molar-refractivity contribution in [2.45, 2.75) is 6.42 Å². The largest absolute Gasteiger partial charge is 0.309 e. The van der Waals surface area contributed by atoms with Crippen molar-refractivity contribution in [2.75, 3.05) is 5.32 Å². The smallest absolute Gasteiger partial charge is 0.230 e. The normalized spacial score (nSPS) is 11.0. The van der Waals surface area contributed by atoms with Crippen molar-refractivity contribution in [3.63, 3.8) is 0 Å². The predicted molar refractivity (Wildman–Crippen MR) is 109 cm³/mol. The molecule has 2 aromatic carbocycles. The molecule has 2 heterocycles. The topological polar surface area (TPSA) is 46.4 Å². The standard InChI is InChI=1S/C21H14Cl2FN3O/c22-15-5-1-3-13(9-15)10-19(28)26-21-20(14-4-2-6-16(23)11-14)27-12-17(24)7-8-18(27)25-21/h1-9,11-12H,10H2,(H,26,28). The molecule has 1 amide bonds. The van der Waals surface area contributed by atoms with Crippen LogP contribution in [0.5, 0.6) is 0 Å². The van der Waals surface area contributed by atoms with Gasteiger partial charge in [-0.25, -0.2) is 9.37 Å². The first-order valence-electron chi connectivity index (χ1n) is 8.47. The number of pyridine rings is 1. The Kier molecular flexibility index (Phi) is 5.03. The van der Waals surface area contributed by atoms with Crippen molar-refractivity contribution in [3.8, 4) is 11.3 Å². The van der Waals surface area contributed by atoms with Crippen LogP contribution in [0.2, 0.25) is 10.0 Å². The molecule has 0 unspecified atom stereocenters. The van der Waals surface area contributed by atoms with E-state index in [2.05, 4.69) is 10.3 Å². The minimum Gasteiger partial charge on any atom is -0.309 e. The lowest BCUT2D eigenvalue weighted by Gasteiger charge is -2.08. The molecule has 4 aromatic rings. The summed E-state index contributed by atoms with van der Waals surface area (Å²) in [6.07, 6.45) is 1.46. The summed E-state index contributed by atoms with van der Waals surface area (Å²) >= 11 is 12.1. The third kappa shape index (κ3) is 3.86. The second-order valence-corrected chi connectivity index (χ2v) is 7.12. The Morgan fingerprint density at radius 1 is 1.04 bits per heavy atom. The summed E-state index contributed by atoms with van der Waals surface area (Å²) < 4.78 is 15.4. The molecule has 0 saturated carbocycles. The van der Waals surface area contributed by atoms with E-state index in [1.165, 1.54) is 12.3 Å². The van der Waals surface area contributed by atoms with Gasteiger partial charge in [0.2, 0.25) is 5.91 Å². The van der Waals surface area contributed by atoms with E-state index in [4.69, 9.17) is 23.2 Å². The molecular formula is C21H14Cl2FN3O. The van der Waals surface area contributed by atoms with Crippen molar-refractivity contribution in [1.29, 1.82) is 0 Å². The van der Waals surface area contributed by atoms with E-state index in [0.29, 0.717) is 32.8 Å². The number of nitrogens with one attached hydrogen (secondary N) is 1. The molecule has 140 valence electrons. The highest BCUT2D eigenvalue weighted by atomic mass is 35.5. The molecule has 0 radical (unpaired) electrons. The number of halogens is 3. The zero-order valence-electron chi connectivity index (χ0n) is 14.5. The van der Waals surface area contributed by atoms with Crippen molar-refractivity contribution < 1.29 is 9.18 Å². The van der Waals surface area contributed by atoms with Crippen LogP contribution >= 0.6 is 23.2 Å². The number of aromatic nitrogens is 2. The first-order valence-corrected chi connectivity index (χ1v) is 9.23. The molecule has 0 fully saturated rings. The number of hydrogen-bond acceptors (Lipinski definition) is 2. The molecule has 0 aliphatic carbocycles. The van der Waals surface area contributed by atoms with Gasteiger partial charge >= 0.3 is 0 Å². The van der Waals surface area contributed by atoms with Gasteiger partial charge in [0.05, 0.1) is 12.1 Å². The zero-order chi connectivity index (χ0) is 19.7. The number of amides is 1. The number of rotatable bonds is 4. The number of anilines is 1. The van der Waals surface area contributed by atoms with Crippen LogP contribution < -0.4 is 5.32 Å². The van der Waals surface area contributed by atoms with Gasteiger partial charge in [-0.05, 0) is 42.0 Å². The molecule has 2 aromatic heterocycles. The van der Waals surface area contributed by atoms with Crippen molar-refractivity contribution in [2.24, 2.45) is 0 Å². The maximum Gasteiger partial charge on any atom is 0.230 e. The average Bonchev–Trinajstić information content (AvgIpc) is 2.98. The van der Waals surface area contributed by atoms with Gasteiger partial charge < -0.3 is 5.32 Å². The van der Waals surface area contributed by atoms with E-state index in [1.807, 2.05) is 12.1 Å². The van der Waals surface area contributed by atoms with Gasteiger partial charge in [-0.3, -0.25) is 9.20 Å². The fourth-order valence-corrected chi connectivity index (χ4v) is 3.43. The van der Waals surface area contributed by atoms with Crippen molar-refractivity contribution in [1.82, 2.24) is 9.38 Å². The molecule has 0 saturated heterocycles. The summed E-state index contributed by atoms with van der Waals surface area (Å²) in [6, 6.07) is 17.1. The Labute approximate surface area is 170 Å². The Bertz CT molecular complexity index is 1190. The second kappa shape index (κ2) is 7.62. The van der Waals surface area contributed by atoms with Gasteiger partial charge in [0.1, 0.15) is 11.5 Å². The fraction of sp³-hybridized carbons (Fsp3) is 0.0476. The van der Waals surface area contributed by atoms with Gasteiger partial charge in [0, 0.05) is 21.8 Å². The predicted octanol–water partition coefficient (Wildman–Crippen LogP) is 5.63. The van der Waals surface area contributed by atoms with Crippen molar-refractivity contribution >= 4 is 40.6 Å². The fourth-order valence-electron chi connectivity index (χ4n) is 3.03. The number of nitrogens with zero attached hydrogens (tertiary/aromatic N) is 2. The number of hydrogen-bond donors (Lipinski definition) is 1. The summed E-state index contributed by atoms with van der Waals surface area (Å²) in [6.45, 7) is 0. The Balaban J connectivity index is 1.74. The molecule has 1 N–H and O–H groups in total. The van der Waals surface area contributed by atoms with Crippen LogP contribution in [-0.2, 0) is 11.2 Å². The molecule has 4 rings (SSSR count). The molecule has 7 heteroatoms. The van der Waals surface area contributed by atoms with Crippen LogP contribution in [0.15, 0.2) is 66.9 Å². The lowest BCUT2D eigenvalue weighted by molar-refractivity contribution is -0.115. The van der Waals surface area contributed by atoms with Crippen LogP contribution in [0.1, 0.15) is 5.56 Å². The summed E-state index contributed by atoms with van der Waals surface area (Å²) in [5.74, 6) is -0.334. The van der Waals surface area contributed by atoms with E-state index in [-0.39, 0.29) is 12.3 Å². The van der Waals surface area contributed by atoms with Crippen LogP contribution in [0.4, 0.5) is 10.2 Å². The molecule has 4 nitrogen and oxygen atoms in total. The first kappa shape index (κ1) is 18.5. The number of carbonyl (C=O) groups is 1. The minimum absolute atomic E-state index is 0.137. The molecule has 28 heavy (non-hydrogen) atoms. The highest BCUT2D eigenvalue weighted by Gasteiger charge is 2.17. The van der Waals surface area contributed by atoms with Crippen LogP contribution in [-0.4, -0.2) is 15.3 Å². The molecule has 0 atom stereocenters. The van der Waals surface area contributed by atoms with E-state index < -0.39 is 5.82 Å². The van der Waals surface area contributed by atoms with Gasteiger partial charge in [-0.1, -0.05) is 47.5 Å². The number of benzene rings is 2. The van der Waals surface area contributed by atoms with Crippen molar-refractivity contribution in [3.05, 3.63) is 88.3 Å². The van der Waals surface area contributed by atoms with E-state index in [9.17, 15) is 9.18 Å².